The Kier molecular flexibility index (Phi) is 6.63. The minimum Gasteiger partial charge on any atom is -0.376 e. The molecular formula is C19H30N2O3. The summed E-state index contributed by atoms with van der Waals surface area (Å²) in [4.78, 5) is 12.1. The quantitative estimate of drug-likeness (QED) is 0.838. The lowest BCUT2D eigenvalue weighted by Gasteiger charge is -2.33. The van der Waals surface area contributed by atoms with E-state index in [9.17, 15) is 4.79 Å². The van der Waals surface area contributed by atoms with Crippen LogP contribution in [0.2, 0.25) is 0 Å². The van der Waals surface area contributed by atoms with Crippen LogP contribution >= 0.6 is 0 Å². The highest BCUT2D eigenvalue weighted by atomic mass is 16.6. The van der Waals surface area contributed by atoms with Crippen molar-refractivity contribution in [1.82, 2.24) is 10.6 Å². The molecule has 134 valence electrons. The van der Waals surface area contributed by atoms with Crippen LogP contribution in [0.4, 0.5) is 4.79 Å². The van der Waals surface area contributed by atoms with Crippen LogP contribution in [0.1, 0.15) is 57.2 Å². The second-order valence-electron chi connectivity index (χ2n) is 7.04. The summed E-state index contributed by atoms with van der Waals surface area (Å²) in [5.74, 6) is 0.512. The zero-order valence-electron chi connectivity index (χ0n) is 15.2. The maximum atomic E-state index is 12.1. The molecule has 1 saturated heterocycles. The first kappa shape index (κ1) is 18.7. The summed E-state index contributed by atoms with van der Waals surface area (Å²) in [5, 5.41) is 5.87. The fourth-order valence-electron chi connectivity index (χ4n) is 2.76. The number of nitrogens with one attached hydrogen (secondary N) is 2. The highest BCUT2D eigenvalue weighted by molar-refractivity contribution is 5.74. The highest BCUT2D eigenvalue weighted by Crippen LogP contribution is 2.19. The number of ether oxygens (including phenoxy) is 2. The molecule has 2 unspecified atom stereocenters. The average molecular weight is 334 g/mol. The molecule has 1 aliphatic heterocycles. The van der Waals surface area contributed by atoms with Gasteiger partial charge in [0.25, 0.3) is 0 Å². The number of hydrogen-bond donors (Lipinski definition) is 2. The molecule has 1 aromatic rings. The third-order valence-electron chi connectivity index (χ3n) is 4.48. The van der Waals surface area contributed by atoms with E-state index in [1.54, 1.807) is 0 Å². The van der Waals surface area contributed by atoms with Crippen molar-refractivity contribution in [3.05, 3.63) is 35.4 Å². The van der Waals surface area contributed by atoms with Crippen LogP contribution in [0.25, 0.3) is 0 Å². The van der Waals surface area contributed by atoms with Crippen LogP contribution in [0.15, 0.2) is 24.3 Å². The monoisotopic (exact) mass is 334 g/mol. The Balaban J connectivity index is 1.75. The van der Waals surface area contributed by atoms with Gasteiger partial charge in [0.05, 0.1) is 31.5 Å². The molecule has 1 heterocycles. The summed E-state index contributed by atoms with van der Waals surface area (Å²) < 4.78 is 11.2. The Morgan fingerprint density at radius 2 is 1.83 bits per heavy atom. The van der Waals surface area contributed by atoms with Gasteiger partial charge in [-0.3, -0.25) is 0 Å². The first-order valence-corrected chi connectivity index (χ1v) is 8.75. The molecule has 0 aliphatic carbocycles. The van der Waals surface area contributed by atoms with Gasteiger partial charge in [-0.25, -0.2) is 4.79 Å². The number of carbonyl (C=O) groups excluding carboxylic acids is 1. The van der Waals surface area contributed by atoms with Crippen LogP contribution in [0.5, 0.6) is 0 Å². The van der Waals surface area contributed by atoms with E-state index < -0.39 is 0 Å². The normalized spacial score (nSPS) is 22.2. The van der Waals surface area contributed by atoms with Crippen molar-refractivity contribution in [3.8, 4) is 0 Å². The molecule has 1 fully saturated rings. The molecule has 24 heavy (non-hydrogen) atoms. The first-order chi connectivity index (χ1) is 11.4. The molecule has 0 aromatic heterocycles. The van der Waals surface area contributed by atoms with Crippen molar-refractivity contribution in [1.29, 1.82) is 0 Å². The van der Waals surface area contributed by atoms with Gasteiger partial charge < -0.3 is 20.1 Å². The standard InChI is InChI=1S/C19H30N2O3/c1-14(2)16-5-7-17(8-6-16)15(3)21-18(22)20-10-9-19(4)13-23-11-12-24-19/h5-8,14-15H,9-13H2,1-4H3,(H2,20,21,22). The Labute approximate surface area is 145 Å². The molecule has 2 rings (SSSR count). The third kappa shape index (κ3) is 5.49. The fraction of sp³-hybridized carbons (Fsp3) is 0.632. The molecule has 2 amide bonds. The van der Waals surface area contributed by atoms with Crippen molar-refractivity contribution in [2.45, 2.75) is 51.7 Å². The van der Waals surface area contributed by atoms with E-state index in [2.05, 4.69) is 48.7 Å². The van der Waals surface area contributed by atoms with Crippen LogP contribution in [-0.2, 0) is 9.47 Å². The van der Waals surface area contributed by atoms with Crippen LogP contribution in [-0.4, -0.2) is 38.0 Å². The third-order valence-corrected chi connectivity index (χ3v) is 4.48. The molecular weight excluding hydrogens is 304 g/mol. The van der Waals surface area contributed by atoms with Crippen LogP contribution < -0.4 is 10.6 Å². The van der Waals surface area contributed by atoms with E-state index in [0.717, 1.165) is 12.0 Å². The lowest BCUT2D eigenvalue weighted by atomic mass is 10.00. The van der Waals surface area contributed by atoms with Gasteiger partial charge in [-0.1, -0.05) is 38.1 Å². The lowest BCUT2D eigenvalue weighted by molar-refractivity contribution is -0.149. The molecule has 0 spiro atoms. The van der Waals surface area contributed by atoms with Crippen molar-refractivity contribution >= 4 is 6.03 Å². The van der Waals surface area contributed by atoms with Crippen molar-refractivity contribution in [3.63, 3.8) is 0 Å². The predicted octanol–water partition coefficient (Wildman–Crippen LogP) is 3.37. The number of benzene rings is 1. The summed E-state index contributed by atoms with van der Waals surface area (Å²) in [5.41, 5.74) is 2.10. The zero-order chi connectivity index (χ0) is 17.6. The molecule has 2 N–H and O–H groups in total. The van der Waals surface area contributed by atoms with E-state index in [0.29, 0.717) is 32.3 Å². The number of urea groups is 1. The fourth-order valence-corrected chi connectivity index (χ4v) is 2.76. The van der Waals surface area contributed by atoms with Gasteiger partial charge in [-0.15, -0.1) is 0 Å². The topological polar surface area (TPSA) is 59.6 Å². The van der Waals surface area contributed by atoms with Gasteiger partial charge in [0, 0.05) is 6.54 Å². The number of rotatable bonds is 6. The zero-order valence-corrected chi connectivity index (χ0v) is 15.2. The Hall–Kier alpha value is -1.59. The molecule has 0 saturated carbocycles. The number of carbonyl (C=O) groups is 1. The first-order valence-electron chi connectivity index (χ1n) is 8.75. The van der Waals surface area contributed by atoms with E-state index in [4.69, 9.17) is 9.47 Å². The number of amides is 2. The van der Waals surface area contributed by atoms with Gasteiger partial charge in [0.1, 0.15) is 0 Å². The summed E-state index contributed by atoms with van der Waals surface area (Å²) in [6.45, 7) is 10.8. The van der Waals surface area contributed by atoms with Crippen molar-refractivity contribution < 1.29 is 14.3 Å². The van der Waals surface area contributed by atoms with Crippen molar-refractivity contribution in [2.75, 3.05) is 26.4 Å². The minimum atomic E-state index is -0.302. The Morgan fingerprint density at radius 1 is 1.17 bits per heavy atom. The van der Waals surface area contributed by atoms with Crippen LogP contribution in [0, 0.1) is 0 Å². The SMILES string of the molecule is CC(C)c1ccc(C(C)NC(=O)NCCC2(C)COCCO2)cc1. The number of hydrogen-bond acceptors (Lipinski definition) is 3. The highest BCUT2D eigenvalue weighted by Gasteiger charge is 2.28. The molecule has 5 nitrogen and oxygen atoms in total. The predicted molar refractivity (Wildman–Crippen MR) is 95.3 cm³/mol. The smallest absolute Gasteiger partial charge is 0.315 e. The summed E-state index contributed by atoms with van der Waals surface area (Å²) in [6.07, 6.45) is 0.734. The Morgan fingerprint density at radius 3 is 2.42 bits per heavy atom. The molecule has 0 bridgehead atoms. The van der Waals surface area contributed by atoms with Gasteiger partial charge in [-0.05, 0) is 37.3 Å². The largest absolute Gasteiger partial charge is 0.376 e. The van der Waals surface area contributed by atoms with Gasteiger partial charge in [0.2, 0.25) is 0 Å². The minimum absolute atomic E-state index is 0.0314. The summed E-state index contributed by atoms with van der Waals surface area (Å²) in [6, 6.07) is 8.21. The Bertz CT molecular complexity index is 522. The molecule has 1 aromatic carbocycles. The van der Waals surface area contributed by atoms with E-state index >= 15 is 0 Å². The summed E-state index contributed by atoms with van der Waals surface area (Å²) in [7, 11) is 0. The molecule has 0 radical (unpaired) electrons. The van der Waals surface area contributed by atoms with Gasteiger partial charge in [0.15, 0.2) is 0 Å². The molecule has 1 aliphatic rings. The van der Waals surface area contributed by atoms with Crippen molar-refractivity contribution in [2.24, 2.45) is 0 Å². The van der Waals surface area contributed by atoms with E-state index in [1.807, 2.05) is 13.8 Å². The van der Waals surface area contributed by atoms with Gasteiger partial charge >= 0.3 is 6.03 Å². The average Bonchev–Trinajstić information content (AvgIpc) is 2.55. The van der Waals surface area contributed by atoms with E-state index in [-0.39, 0.29) is 17.7 Å². The second-order valence-corrected chi connectivity index (χ2v) is 7.04. The maximum Gasteiger partial charge on any atom is 0.315 e. The molecule has 2 atom stereocenters. The van der Waals surface area contributed by atoms with E-state index in [1.165, 1.54) is 5.56 Å². The maximum absolute atomic E-state index is 12.1. The van der Waals surface area contributed by atoms with Gasteiger partial charge in [-0.2, -0.15) is 0 Å². The second kappa shape index (κ2) is 8.49. The lowest BCUT2D eigenvalue weighted by Crippen LogP contribution is -2.44. The molecule has 5 heteroatoms. The van der Waals surface area contributed by atoms with Crippen LogP contribution in [0.3, 0.4) is 0 Å². The summed E-state index contributed by atoms with van der Waals surface area (Å²) >= 11 is 0.